The highest BCUT2D eigenvalue weighted by Gasteiger charge is 2.44. The van der Waals surface area contributed by atoms with Crippen molar-refractivity contribution in [2.45, 2.75) is 88.1 Å². The van der Waals surface area contributed by atoms with Gasteiger partial charge in [0.2, 0.25) is 5.91 Å². The highest BCUT2D eigenvalue weighted by molar-refractivity contribution is 5.78. The van der Waals surface area contributed by atoms with Crippen molar-refractivity contribution in [2.75, 3.05) is 19.6 Å². The van der Waals surface area contributed by atoms with Crippen LogP contribution in [-0.4, -0.2) is 41.4 Å². The molecule has 5 rings (SSSR count). The second-order valence-corrected chi connectivity index (χ2v) is 10.0. The Morgan fingerprint density at radius 2 is 1.76 bits per heavy atom. The third-order valence-corrected chi connectivity index (χ3v) is 8.39. The molecule has 2 aliphatic carbocycles. The lowest BCUT2D eigenvalue weighted by molar-refractivity contribution is -0.130. The predicted octanol–water partition coefficient (Wildman–Crippen LogP) is 5.37. The Labute approximate surface area is 176 Å². The maximum Gasteiger partial charge on any atom is 0.223 e. The summed E-state index contributed by atoms with van der Waals surface area (Å²) in [5, 5.41) is 0. The van der Waals surface area contributed by atoms with Gasteiger partial charge in [-0.3, -0.25) is 4.79 Å². The summed E-state index contributed by atoms with van der Waals surface area (Å²) in [6.07, 6.45) is 13.2. The molecule has 0 N–H and O–H groups in total. The minimum Gasteiger partial charge on any atom is -0.336 e. The van der Waals surface area contributed by atoms with Gasteiger partial charge in [0, 0.05) is 19.0 Å². The molecule has 1 aromatic carbocycles. The van der Waals surface area contributed by atoms with Crippen molar-refractivity contribution in [1.82, 2.24) is 9.80 Å². The summed E-state index contributed by atoms with van der Waals surface area (Å²) in [5.74, 6) is 0.365. The molecule has 2 saturated heterocycles. The number of nitrogens with zero attached hydrogens (tertiary/aromatic N) is 2. The van der Waals surface area contributed by atoms with E-state index >= 15 is 0 Å². The molecular formula is C26H36N2O. The molecule has 1 amide bonds. The van der Waals surface area contributed by atoms with E-state index in [2.05, 4.69) is 40.6 Å². The van der Waals surface area contributed by atoms with Crippen molar-refractivity contribution in [3.05, 3.63) is 47.5 Å². The molecule has 1 saturated carbocycles. The number of benzene rings is 1. The molecule has 3 nitrogen and oxygen atoms in total. The molecule has 0 unspecified atom stereocenters. The second kappa shape index (κ2) is 7.91. The van der Waals surface area contributed by atoms with Crippen LogP contribution in [0.25, 0.3) is 0 Å². The Hall–Kier alpha value is -1.61. The summed E-state index contributed by atoms with van der Waals surface area (Å²) >= 11 is 0. The predicted molar refractivity (Wildman–Crippen MR) is 118 cm³/mol. The van der Waals surface area contributed by atoms with Gasteiger partial charge in [0.15, 0.2) is 0 Å². The Balaban J connectivity index is 1.35. The van der Waals surface area contributed by atoms with Gasteiger partial charge in [-0.2, -0.15) is 0 Å². The van der Waals surface area contributed by atoms with E-state index in [4.69, 9.17) is 0 Å². The second-order valence-electron chi connectivity index (χ2n) is 10.0. The van der Waals surface area contributed by atoms with E-state index in [9.17, 15) is 4.79 Å². The first-order valence-electron chi connectivity index (χ1n) is 12.0. The van der Waals surface area contributed by atoms with Crippen molar-refractivity contribution in [1.29, 1.82) is 0 Å². The Morgan fingerprint density at radius 1 is 0.931 bits per heavy atom. The first-order valence-corrected chi connectivity index (χ1v) is 12.0. The van der Waals surface area contributed by atoms with Crippen LogP contribution in [0.3, 0.4) is 0 Å². The quantitative estimate of drug-likeness (QED) is 0.499. The molecular weight excluding hydrogens is 356 g/mol. The standard InChI is InChI=1S/C26H36N2O/c1-20-7-2-3-8-21(19-20)27-17-14-26(15-18-27)13-12-24(28-16-6-11-25(28)29)22-9-4-5-10-23(22)26/h4-5,9-10,21,24H,1-3,6-8,11-19H2/t21-,24+/m1/s1. The fourth-order valence-corrected chi connectivity index (χ4v) is 6.74. The normalized spacial score (nSPS) is 30.4. The van der Waals surface area contributed by atoms with Crippen molar-refractivity contribution >= 4 is 5.91 Å². The smallest absolute Gasteiger partial charge is 0.223 e. The van der Waals surface area contributed by atoms with Crippen molar-refractivity contribution < 1.29 is 4.79 Å². The van der Waals surface area contributed by atoms with Crippen molar-refractivity contribution in [3.63, 3.8) is 0 Å². The number of fused-ring (bicyclic) bond motifs is 2. The number of carbonyl (C=O) groups is 1. The zero-order valence-electron chi connectivity index (χ0n) is 17.9. The van der Waals surface area contributed by atoms with Crippen LogP contribution in [-0.2, 0) is 10.2 Å². The van der Waals surface area contributed by atoms with E-state index in [1.54, 1.807) is 5.56 Å². The zero-order valence-corrected chi connectivity index (χ0v) is 17.9. The maximum atomic E-state index is 12.4. The number of rotatable bonds is 2. The summed E-state index contributed by atoms with van der Waals surface area (Å²) in [4.78, 5) is 17.4. The fourth-order valence-electron chi connectivity index (χ4n) is 6.74. The molecule has 1 aromatic rings. The van der Waals surface area contributed by atoms with E-state index in [1.807, 2.05) is 0 Å². The lowest BCUT2D eigenvalue weighted by atomic mass is 9.63. The van der Waals surface area contributed by atoms with Crippen LogP contribution in [0.2, 0.25) is 0 Å². The number of hydrogen-bond donors (Lipinski definition) is 0. The maximum absolute atomic E-state index is 12.4. The van der Waals surface area contributed by atoms with Crippen LogP contribution in [0.5, 0.6) is 0 Å². The number of piperidine rings is 1. The lowest BCUT2D eigenvalue weighted by Gasteiger charge is -2.49. The van der Waals surface area contributed by atoms with E-state index in [1.165, 1.54) is 75.6 Å². The van der Waals surface area contributed by atoms with Gasteiger partial charge in [0.1, 0.15) is 0 Å². The average Bonchev–Trinajstić information content (AvgIpc) is 3.04. The summed E-state index contributed by atoms with van der Waals surface area (Å²) in [6.45, 7) is 7.72. The van der Waals surface area contributed by atoms with Gasteiger partial charge in [-0.05, 0) is 87.4 Å². The molecule has 0 aromatic heterocycles. The summed E-state index contributed by atoms with van der Waals surface area (Å²) in [6, 6.07) is 10.1. The van der Waals surface area contributed by atoms with Crippen LogP contribution in [0.1, 0.15) is 87.8 Å². The molecule has 156 valence electrons. The van der Waals surface area contributed by atoms with Gasteiger partial charge < -0.3 is 9.80 Å². The van der Waals surface area contributed by atoms with Gasteiger partial charge >= 0.3 is 0 Å². The largest absolute Gasteiger partial charge is 0.336 e. The van der Waals surface area contributed by atoms with Crippen LogP contribution in [0, 0.1) is 0 Å². The highest BCUT2D eigenvalue weighted by atomic mass is 16.2. The van der Waals surface area contributed by atoms with E-state index in [-0.39, 0.29) is 0 Å². The van der Waals surface area contributed by atoms with Gasteiger partial charge in [-0.25, -0.2) is 0 Å². The Kier molecular flexibility index (Phi) is 5.28. The van der Waals surface area contributed by atoms with Crippen molar-refractivity contribution in [2.24, 2.45) is 0 Å². The minimum absolute atomic E-state index is 0.315. The molecule has 2 heterocycles. The van der Waals surface area contributed by atoms with E-state index < -0.39 is 0 Å². The summed E-state index contributed by atoms with van der Waals surface area (Å²) < 4.78 is 0. The Morgan fingerprint density at radius 3 is 2.55 bits per heavy atom. The van der Waals surface area contributed by atoms with Gasteiger partial charge in [-0.1, -0.05) is 42.8 Å². The first kappa shape index (κ1) is 19.4. The molecule has 2 aliphatic heterocycles. The zero-order chi connectivity index (χ0) is 19.8. The Bertz CT molecular complexity index is 777. The van der Waals surface area contributed by atoms with Crippen LogP contribution in [0.15, 0.2) is 36.4 Å². The van der Waals surface area contributed by atoms with Gasteiger partial charge in [-0.15, -0.1) is 0 Å². The summed E-state index contributed by atoms with van der Waals surface area (Å²) in [5.41, 5.74) is 4.80. The lowest BCUT2D eigenvalue weighted by Crippen LogP contribution is -2.49. The van der Waals surface area contributed by atoms with Gasteiger partial charge in [0.05, 0.1) is 6.04 Å². The van der Waals surface area contributed by atoms with Crippen LogP contribution >= 0.6 is 0 Å². The highest BCUT2D eigenvalue weighted by Crippen LogP contribution is 2.50. The van der Waals surface area contributed by atoms with Crippen LogP contribution < -0.4 is 0 Å². The third-order valence-electron chi connectivity index (χ3n) is 8.39. The average molecular weight is 393 g/mol. The van der Waals surface area contributed by atoms with Crippen LogP contribution in [0.4, 0.5) is 0 Å². The topological polar surface area (TPSA) is 23.6 Å². The number of amides is 1. The minimum atomic E-state index is 0.315. The number of likely N-dealkylation sites (tertiary alicyclic amines) is 2. The van der Waals surface area contributed by atoms with E-state index in [0.29, 0.717) is 17.4 Å². The fraction of sp³-hybridized carbons (Fsp3) is 0.654. The molecule has 0 bridgehead atoms. The molecule has 4 aliphatic rings. The first-order chi connectivity index (χ1) is 14.2. The number of carbonyl (C=O) groups excluding carboxylic acids is 1. The van der Waals surface area contributed by atoms with Gasteiger partial charge in [0.25, 0.3) is 0 Å². The molecule has 2 atom stereocenters. The van der Waals surface area contributed by atoms with E-state index in [0.717, 1.165) is 31.8 Å². The number of hydrogen-bond acceptors (Lipinski definition) is 2. The SMILES string of the molecule is C=C1CCCC[C@@H](N2CCC3(CC[C@H](N4CCCC4=O)c4ccccc43)CC2)C1. The third kappa shape index (κ3) is 3.56. The molecule has 29 heavy (non-hydrogen) atoms. The summed E-state index contributed by atoms with van der Waals surface area (Å²) in [7, 11) is 0. The molecule has 3 heteroatoms. The van der Waals surface area contributed by atoms with Crippen molar-refractivity contribution in [3.8, 4) is 0 Å². The molecule has 1 spiro atoms. The molecule has 3 fully saturated rings. The monoisotopic (exact) mass is 392 g/mol. The molecule has 0 radical (unpaired) electrons.